The maximum atomic E-state index is 12.8. The highest BCUT2D eigenvalue weighted by Gasteiger charge is 2.30. The lowest BCUT2D eigenvalue weighted by Gasteiger charge is -2.36. The molecule has 1 fully saturated rings. The normalized spacial score (nSPS) is 17.6. The Bertz CT molecular complexity index is 773. The van der Waals surface area contributed by atoms with Gasteiger partial charge in [-0.25, -0.2) is 0 Å². The molecule has 1 atom stereocenters. The summed E-state index contributed by atoms with van der Waals surface area (Å²) in [7, 11) is 0. The van der Waals surface area contributed by atoms with Crippen LogP contribution in [-0.2, 0) is 11.0 Å². The highest BCUT2D eigenvalue weighted by atomic mass is 35.5. The second-order valence-electron chi connectivity index (χ2n) is 6.42. The number of anilines is 1. The van der Waals surface area contributed by atoms with Crippen molar-refractivity contribution in [3.05, 3.63) is 59.9 Å². The van der Waals surface area contributed by atoms with Gasteiger partial charge in [0.25, 0.3) is 0 Å². The van der Waals surface area contributed by atoms with Crippen molar-refractivity contribution >= 4 is 24.0 Å². The van der Waals surface area contributed by atoms with Crippen LogP contribution in [0.1, 0.15) is 23.6 Å². The average molecular weight is 415 g/mol. The van der Waals surface area contributed by atoms with Gasteiger partial charge in [0.1, 0.15) is 0 Å². The van der Waals surface area contributed by atoms with E-state index >= 15 is 0 Å². The molecule has 1 saturated heterocycles. The summed E-state index contributed by atoms with van der Waals surface area (Å²) in [6, 6.07) is 8.66. The molecule has 9 heteroatoms. The Hall–Kier alpha value is -2.16. The summed E-state index contributed by atoms with van der Waals surface area (Å²) in [4.78, 5) is 18.6. The van der Waals surface area contributed by atoms with Crippen LogP contribution in [0.15, 0.2) is 48.8 Å². The van der Waals surface area contributed by atoms with Crippen LogP contribution in [0, 0.1) is 0 Å². The predicted molar refractivity (Wildman–Crippen MR) is 103 cm³/mol. The molecule has 3 rings (SSSR count). The van der Waals surface area contributed by atoms with E-state index in [1.807, 2.05) is 18.3 Å². The van der Waals surface area contributed by atoms with E-state index in [1.165, 1.54) is 12.1 Å². The number of piperazine rings is 1. The van der Waals surface area contributed by atoms with Gasteiger partial charge >= 0.3 is 6.18 Å². The fourth-order valence-corrected chi connectivity index (χ4v) is 3.16. The van der Waals surface area contributed by atoms with Gasteiger partial charge in [-0.3, -0.25) is 14.7 Å². The Kier molecular flexibility index (Phi) is 7.79. The molecule has 1 aliphatic heterocycles. The molecule has 0 bridgehead atoms. The summed E-state index contributed by atoms with van der Waals surface area (Å²) in [5.41, 5.74) is 0.445. The maximum absolute atomic E-state index is 12.8. The topological polar surface area (TPSA) is 57.3 Å². The zero-order valence-corrected chi connectivity index (χ0v) is 15.9. The van der Waals surface area contributed by atoms with Gasteiger partial charge in [-0.2, -0.15) is 13.2 Å². The molecule has 1 aliphatic rings. The number of amides is 1. The standard InChI is InChI=1S/C19H21F3N4O.ClH/c20-19(21,22)15-4-1-5-16(11-15)25-18(27)6-9-26-10-8-24-13-17(26)14-3-2-7-23-12-14;/h1-5,7,11-12,17,24H,6,8-10,13H2,(H,25,27);1H. The molecule has 5 nitrogen and oxygen atoms in total. The lowest BCUT2D eigenvalue weighted by Crippen LogP contribution is -2.46. The number of nitrogens with zero attached hydrogens (tertiary/aromatic N) is 2. The van der Waals surface area contributed by atoms with Crippen molar-refractivity contribution in [1.29, 1.82) is 0 Å². The Labute approximate surface area is 167 Å². The Balaban J connectivity index is 0.00000280. The minimum Gasteiger partial charge on any atom is -0.326 e. The van der Waals surface area contributed by atoms with E-state index in [-0.39, 0.29) is 36.5 Å². The summed E-state index contributed by atoms with van der Waals surface area (Å²) >= 11 is 0. The minimum absolute atomic E-state index is 0. The summed E-state index contributed by atoms with van der Waals surface area (Å²) in [6.07, 6.45) is -0.703. The lowest BCUT2D eigenvalue weighted by atomic mass is 10.1. The Morgan fingerprint density at radius 2 is 2.11 bits per heavy atom. The first-order chi connectivity index (χ1) is 12.9. The van der Waals surface area contributed by atoms with Crippen LogP contribution < -0.4 is 10.6 Å². The van der Waals surface area contributed by atoms with Crippen LogP contribution in [0.3, 0.4) is 0 Å². The van der Waals surface area contributed by atoms with Gasteiger partial charge in [0.15, 0.2) is 0 Å². The average Bonchev–Trinajstić information content (AvgIpc) is 2.67. The van der Waals surface area contributed by atoms with Crippen molar-refractivity contribution in [3.8, 4) is 0 Å². The second kappa shape index (κ2) is 9.86. The largest absolute Gasteiger partial charge is 0.416 e. The number of hydrogen-bond acceptors (Lipinski definition) is 4. The van der Waals surface area contributed by atoms with Crippen LogP contribution in [0.5, 0.6) is 0 Å². The molecular formula is C19H22ClF3N4O. The van der Waals surface area contributed by atoms with Crippen molar-refractivity contribution in [1.82, 2.24) is 15.2 Å². The molecule has 1 aromatic heterocycles. The van der Waals surface area contributed by atoms with Gasteiger partial charge in [0.2, 0.25) is 5.91 Å². The maximum Gasteiger partial charge on any atom is 0.416 e. The molecule has 0 aliphatic carbocycles. The molecule has 1 amide bonds. The number of pyridine rings is 1. The third kappa shape index (κ3) is 5.92. The van der Waals surface area contributed by atoms with Crippen molar-refractivity contribution in [3.63, 3.8) is 0 Å². The number of carbonyl (C=O) groups is 1. The first-order valence-electron chi connectivity index (χ1n) is 8.75. The summed E-state index contributed by atoms with van der Waals surface area (Å²) in [5, 5.41) is 5.89. The molecule has 0 radical (unpaired) electrons. The smallest absolute Gasteiger partial charge is 0.326 e. The molecule has 0 spiro atoms. The van der Waals surface area contributed by atoms with Crippen molar-refractivity contribution in [2.75, 3.05) is 31.5 Å². The minimum atomic E-state index is -4.43. The van der Waals surface area contributed by atoms with Gasteiger partial charge in [-0.05, 0) is 29.8 Å². The molecule has 152 valence electrons. The third-order valence-electron chi connectivity index (χ3n) is 4.52. The molecule has 1 aromatic carbocycles. The number of halogens is 4. The van der Waals surface area contributed by atoms with Crippen LogP contribution in [0.4, 0.5) is 18.9 Å². The van der Waals surface area contributed by atoms with E-state index in [9.17, 15) is 18.0 Å². The molecule has 2 heterocycles. The summed E-state index contributed by atoms with van der Waals surface area (Å²) in [5.74, 6) is -0.308. The molecular weight excluding hydrogens is 393 g/mol. The second-order valence-corrected chi connectivity index (χ2v) is 6.42. The molecule has 0 saturated carbocycles. The molecule has 1 unspecified atom stereocenters. The van der Waals surface area contributed by atoms with Crippen molar-refractivity contribution in [2.24, 2.45) is 0 Å². The van der Waals surface area contributed by atoms with E-state index in [0.29, 0.717) is 6.54 Å². The zero-order valence-electron chi connectivity index (χ0n) is 15.1. The van der Waals surface area contributed by atoms with Crippen LogP contribution in [0.25, 0.3) is 0 Å². The number of alkyl halides is 3. The fourth-order valence-electron chi connectivity index (χ4n) is 3.16. The van der Waals surface area contributed by atoms with Crippen molar-refractivity contribution < 1.29 is 18.0 Å². The van der Waals surface area contributed by atoms with Crippen LogP contribution in [0.2, 0.25) is 0 Å². The number of carbonyl (C=O) groups excluding carboxylic acids is 1. The molecule has 28 heavy (non-hydrogen) atoms. The predicted octanol–water partition coefficient (Wildman–Crippen LogP) is 3.50. The first kappa shape index (κ1) is 22.1. The van der Waals surface area contributed by atoms with Gasteiger partial charge < -0.3 is 10.6 Å². The SMILES string of the molecule is Cl.O=C(CCN1CCNCC1c1cccnc1)Nc1cccc(C(F)(F)F)c1. The number of benzene rings is 1. The van der Waals surface area contributed by atoms with E-state index < -0.39 is 11.7 Å². The lowest BCUT2D eigenvalue weighted by molar-refractivity contribution is -0.137. The summed E-state index contributed by atoms with van der Waals surface area (Å²) in [6.45, 7) is 2.90. The quantitative estimate of drug-likeness (QED) is 0.786. The molecule has 2 aromatic rings. The van der Waals surface area contributed by atoms with Gasteiger partial charge in [0, 0.05) is 56.7 Å². The summed E-state index contributed by atoms with van der Waals surface area (Å²) < 4.78 is 38.3. The van der Waals surface area contributed by atoms with Gasteiger partial charge in [-0.1, -0.05) is 12.1 Å². The first-order valence-corrected chi connectivity index (χ1v) is 8.75. The van der Waals surface area contributed by atoms with E-state index in [0.717, 1.165) is 37.3 Å². The van der Waals surface area contributed by atoms with Gasteiger partial charge in [0.05, 0.1) is 5.56 Å². The highest BCUT2D eigenvalue weighted by molar-refractivity contribution is 5.90. The monoisotopic (exact) mass is 414 g/mol. The van der Waals surface area contributed by atoms with E-state index in [4.69, 9.17) is 0 Å². The number of rotatable bonds is 5. The van der Waals surface area contributed by atoms with Crippen LogP contribution >= 0.6 is 12.4 Å². The highest BCUT2D eigenvalue weighted by Crippen LogP contribution is 2.30. The van der Waals surface area contributed by atoms with E-state index in [1.54, 1.807) is 6.20 Å². The van der Waals surface area contributed by atoms with E-state index in [2.05, 4.69) is 20.5 Å². The fraction of sp³-hybridized carbons (Fsp3) is 0.368. The number of nitrogens with one attached hydrogen (secondary N) is 2. The van der Waals surface area contributed by atoms with Crippen LogP contribution in [-0.4, -0.2) is 42.0 Å². The number of hydrogen-bond donors (Lipinski definition) is 2. The van der Waals surface area contributed by atoms with Crippen molar-refractivity contribution in [2.45, 2.75) is 18.6 Å². The van der Waals surface area contributed by atoms with Gasteiger partial charge in [-0.15, -0.1) is 12.4 Å². The Morgan fingerprint density at radius 3 is 2.82 bits per heavy atom. The number of aromatic nitrogens is 1. The third-order valence-corrected chi connectivity index (χ3v) is 4.52. The molecule has 2 N–H and O–H groups in total. The zero-order chi connectivity index (χ0) is 19.3. The Morgan fingerprint density at radius 1 is 1.29 bits per heavy atom.